The molecule has 0 fully saturated rings. The number of benzene rings is 1. The summed E-state index contributed by atoms with van der Waals surface area (Å²) in [5, 5.41) is 0. The molecule has 2 aromatic heterocycles. The molecule has 126 valence electrons. The monoisotopic (exact) mass is 414 g/mol. The van der Waals surface area contributed by atoms with E-state index in [2.05, 4.69) is 20.9 Å². The third-order valence-electron chi connectivity index (χ3n) is 4.06. The number of likely N-dealkylation sites (N-methyl/N-ethyl adjacent to an activating group) is 1. The molecule has 1 amide bonds. The van der Waals surface area contributed by atoms with Crippen molar-refractivity contribution < 1.29 is 4.79 Å². The van der Waals surface area contributed by atoms with E-state index in [0.717, 1.165) is 32.1 Å². The lowest BCUT2D eigenvalue weighted by Gasteiger charge is -2.33. The minimum absolute atomic E-state index is 0.0801. The van der Waals surface area contributed by atoms with Gasteiger partial charge in [0.25, 0.3) is 5.91 Å². The molecule has 5 nitrogen and oxygen atoms in total. The van der Waals surface area contributed by atoms with E-state index in [9.17, 15) is 4.79 Å². The van der Waals surface area contributed by atoms with Gasteiger partial charge in [0.2, 0.25) is 0 Å². The second-order valence-corrected chi connectivity index (χ2v) is 8.24. The fourth-order valence-electron chi connectivity index (χ4n) is 2.76. The molecule has 25 heavy (non-hydrogen) atoms. The van der Waals surface area contributed by atoms with Crippen molar-refractivity contribution in [3.8, 4) is 0 Å². The molecule has 3 heterocycles. The van der Waals surface area contributed by atoms with Crippen LogP contribution in [0, 0.1) is 0 Å². The average Bonchev–Trinajstić information content (AvgIpc) is 3.04. The molecule has 1 aliphatic rings. The number of thiophene rings is 1. The molecule has 0 saturated carbocycles. The van der Waals surface area contributed by atoms with Gasteiger partial charge in [-0.1, -0.05) is 12.1 Å². The number of halogens is 1. The zero-order valence-electron chi connectivity index (χ0n) is 13.5. The largest absolute Gasteiger partial charge is 0.355 e. The second kappa shape index (κ2) is 6.57. The molecule has 4 rings (SSSR count). The Morgan fingerprint density at radius 2 is 1.84 bits per heavy atom. The molecular formula is C18H15BrN4OS. The lowest BCUT2D eigenvalue weighted by molar-refractivity contribution is -0.114. The highest BCUT2D eigenvalue weighted by molar-refractivity contribution is 9.11. The van der Waals surface area contributed by atoms with E-state index in [1.807, 2.05) is 54.4 Å². The quantitative estimate of drug-likeness (QED) is 0.595. The van der Waals surface area contributed by atoms with E-state index < -0.39 is 0 Å². The van der Waals surface area contributed by atoms with E-state index in [-0.39, 0.29) is 5.91 Å². The molecule has 0 aliphatic carbocycles. The van der Waals surface area contributed by atoms with Gasteiger partial charge in [0.15, 0.2) is 11.6 Å². The number of anilines is 2. The summed E-state index contributed by atoms with van der Waals surface area (Å²) in [6, 6.07) is 11.7. The van der Waals surface area contributed by atoms with E-state index in [0.29, 0.717) is 12.4 Å². The summed E-state index contributed by atoms with van der Waals surface area (Å²) in [6.45, 7) is 1.32. The average molecular weight is 415 g/mol. The van der Waals surface area contributed by atoms with Crippen LogP contribution in [0.2, 0.25) is 0 Å². The summed E-state index contributed by atoms with van der Waals surface area (Å²) < 4.78 is 1.04. The first kappa shape index (κ1) is 16.2. The van der Waals surface area contributed by atoms with Gasteiger partial charge in [0, 0.05) is 31.1 Å². The van der Waals surface area contributed by atoms with Gasteiger partial charge in [-0.05, 0) is 46.3 Å². The Hall–Kier alpha value is -2.25. The maximum Gasteiger partial charge on any atom is 0.252 e. The van der Waals surface area contributed by atoms with Gasteiger partial charge in [-0.25, -0.2) is 9.97 Å². The first-order chi connectivity index (χ1) is 12.1. The lowest BCUT2D eigenvalue weighted by atomic mass is 10.2. The van der Waals surface area contributed by atoms with Crippen LogP contribution in [0.25, 0.3) is 17.1 Å². The minimum Gasteiger partial charge on any atom is -0.355 e. The van der Waals surface area contributed by atoms with Crippen molar-refractivity contribution in [3.05, 3.63) is 51.1 Å². The zero-order chi connectivity index (χ0) is 17.4. The highest BCUT2D eigenvalue weighted by atomic mass is 79.9. The highest BCUT2D eigenvalue weighted by Crippen LogP contribution is 2.31. The van der Waals surface area contributed by atoms with Crippen LogP contribution in [0.5, 0.6) is 0 Å². The summed E-state index contributed by atoms with van der Waals surface area (Å²) in [4.78, 5) is 26.9. The Balaban J connectivity index is 1.69. The van der Waals surface area contributed by atoms with Gasteiger partial charge >= 0.3 is 0 Å². The van der Waals surface area contributed by atoms with Crippen LogP contribution >= 0.6 is 27.3 Å². The Kier molecular flexibility index (Phi) is 4.27. The van der Waals surface area contributed by atoms with Gasteiger partial charge in [-0.3, -0.25) is 9.69 Å². The van der Waals surface area contributed by atoms with Crippen molar-refractivity contribution in [3.63, 3.8) is 0 Å². The van der Waals surface area contributed by atoms with Gasteiger partial charge in [0.05, 0.1) is 14.8 Å². The number of hydrogen-bond donors (Lipinski definition) is 0. The van der Waals surface area contributed by atoms with Crippen molar-refractivity contribution >= 4 is 61.9 Å². The van der Waals surface area contributed by atoms with Gasteiger partial charge in [-0.15, -0.1) is 11.3 Å². The van der Waals surface area contributed by atoms with E-state index in [4.69, 9.17) is 4.98 Å². The van der Waals surface area contributed by atoms with Crippen LogP contribution in [0.4, 0.5) is 11.6 Å². The SMILES string of the molecule is CN1CCN(C(=O)/C=C/c2ccc(Br)s2)c2nc3ccccc3nc21. The molecule has 0 bridgehead atoms. The molecule has 1 aromatic carbocycles. The van der Waals surface area contributed by atoms with Crippen LogP contribution < -0.4 is 9.80 Å². The smallest absolute Gasteiger partial charge is 0.252 e. The van der Waals surface area contributed by atoms with Crippen molar-refractivity contribution in [2.75, 3.05) is 29.9 Å². The Bertz CT molecular complexity index is 984. The van der Waals surface area contributed by atoms with Crippen LogP contribution in [0.1, 0.15) is 4.88 Å². The molecular weight excluding hydrogens is 400 g/mol. The number of para-hydroxylation sites is 2. The number of fused-ring (bicyclic) bond motifs is 2. The number of carbonyl (C=O) groups is 1. The number of nitrogens with zero attached hydrogens (tertiary/aromatic N) is 4. The summed E-state index contributed by atoms with van der Waals surface area (Å²) in [6.07, 6.45) is 3.44. The Morgan fingerprint density at radius 3 is 2.52 bits per heavy atom. The molecule has 0 spiro atoms. The van der Waals surface area contributed by atoms with Gasteiger partial charge in [-0.2, -0.15) is 0 Å². The van der Waals surface area contributed by atoms with Crippen LogP contribution in [0.15, 0.2) is 46.3 Å². The molecule has 0 saturated heterocycles. The van der Waals surface area contributed by atoms with Crippen molar-refractivity contribution in [1.29, 1.82) is 0 Å². The minimum atomic E-state index is -0.0801. The van der Waals surface area contributed by atoms with Gasteiger partial charge in [0.1, 0.15) is 0 Å². The summed E-state index contributed by atoms with van der Waals surface area (Å²) in [5.74, 6) is 1.28. The number of rotatable bonds is 2. The maximum atomic E-state index is 12.7. The Labute approximate surface area is 157 Å². The van der Waals surface area contributed by atoms with E-state index in [1.165, 1.54) is 0 Å². The lowest BCUT2D eigenvalue weighted by Crippen LogP contribution is -2.43. The number of aromatic nitrogens is 2. The number of hydrogen-bond acceptors (Lipinski definition) is 5. The van der Waals surface area contributed by atoms with Crippen LogP contribution in [0.3, 0.4) is 0 Å². The highest BCUT2D eigenvalue weighted by Gasteiger charge is 2.27. The van der Waals surface area contributed by atoms with E-state index >= 15 is 0 Å². The standard InChI is InChI=1S/C18H15BrN4OS/c1-22-10-11-23(16(24)9-7-12-6-8-15(19)25-12)18-17(22)20-13-4-2-3-5-14(13)21-18/h2-9H,10-11H2,1H3/b9-7+. The summed E-state index contributed by atoms with van der Waals surface area (Å²) in [5.41, 5.74) is 1.63. The second-order valence-electron chi connectivity index (χ2n) is 5.75. The fourth-order valence-corrected chi connectivity index (χ4v) is 4.08. The molecule has 0 atom stereocenters. The van der Waals surface area contributed by atoms with Crippen molar-refractivity contribution in [2.24, 2.45) is 0 Å². The molecule has 0 N–H and O–H groups in total. The Morgan fingerprint density at radius 1 is 1.12 bits per heavy atom. The fraction of sp³-hybridized carbons (Fsp3) is 0.167. The van der Waals surface area contributed by atoms with Crippen molar-refractivity contribution in [2.45, 2.75) is 0 Å². The topological polar surface area (TPSA) is 49.3 Å². The van der Waals surface area contributed by atoms with Crippen LogP contribution in [-0.4, -0.2) is 36.0 Å². The summed E-state index contributed by atoms with van der Waals surface area (Å²) in [7, 11) is 1.98. The van der Waals surface area contributed by atoms with E-state index in [1.54, 1.807) is 22.3 Å². The zero-order valence-corrected chi connectivity index (χ0v) is 15.9. The maximum absolute atomic E-state index is 12.7. The normalized spacial score (nSPS) is 14.3. The molecule has 0 unspecified atom stereocenters. The molecule has 3 aromatic rings. The first-order valence-electron chi connectivity index (χ1n) is 7.84. The third-order valence-corrected chi connectivity index (χ3v) is 5.65. The summed E-state index contributed by atoms with van der Waals surface area (Å²) >= 11 is 5.02. The first-order valence-corrected chi connectivity index (χ1v) is 9.45. The number of carbonyl (C=O) groups excluding carboxylic acids is 1. The molecule has 7 heteroatoms. The third kappa shape index (κ3) is 3.17. The molecule has 1 aliphatic heterocycles. The molecule has 0 radical (unpaired) electrons. The van der Waals surface area contributed by atoms with Crippen molar-refractivity contribution in [1.82, 2.24) is 9.97 Å². The predicted octanol–water partition coefficient (Wildman–Crippen LogP) is 3.95. The number of amides is 1. The van der Waals surface area contributed by atoms with Gasteiger partial charge < -0.3 is 4.90 Å². The predicted molar refractivity (Wildman–Crippen MR) is 106 cm³/mol. The van der Waals surface area contributed by atoms with Crippen LogP contribution in [-0.2, 0) is 4.79 Å².